The normalized spacial score (nSPS) is 13.2. The summed E-state index contributed by atoms with van der Waals surface area (Å²) in [5.74, 6) is 0. The van der Waals surface area contributed by atoms with Crippen LogP contribution in [0.15, 0.2) is 24.3 Å². The van der Waals surface area contributed by atoms with E-state index in [1.807, 2.05) is 0 Å². The second-order valence-electron chi connectivity index (χ2n) is 3.77. The molecule has 0 aromatic heterocycles. The molecule has 0 saturated carbocycles. The first-order valence-corrected chi connectivity index (χ1v) is 4.90. The minimum Gasteiger partial charge on any atom is -0.380 e. The third-order valence-electron chi connectivity index (χ3n) is 2.58. The molecule has 0 aliphatic carbocycles. The molecule has 0 N–H and O–H groups in total. The molecule has 78 valence electrons. The molecule has 1 unspecified atom stereocenters. The van der Waals surface area contributed by atoms with Crippen LogP contribution in [-0.4, -0.2) is 26.1 Å². The van der Waals surface area contributed by atoms with Crippen molar-refractivity contribution in [2.24, 2.45) is 0 Å². The monoisotopic (exact) mass is 193 g/mol. The predicted octanol–water partition coefficient (Wildman–Crippen LogP) is 2.46. The fourth-order valence-corrected chi connectivity index (χ4v) is 1.51. The standard InChI is InChI=1S/C12H19NO/c1-10(13(2)3)12-8-6-5-7-11(12)9-14-4/h5-8,10H,9H2,1-4H3. The molecule has 0 amide bonds. The van der Waals surface area contributed by atoms with E-state index in [1.54, 1.807) is 7.11 Å². The van der Waals surface area contributed by atoms with E-state index in [-0.39, 0.29) is 0 Å². The Labute approximate surface area is 86.5 Å². The highest BCUT2D eigenvalue weighted by Gasteiger charge is 2.11. The van der Waals surface area contributed by atoms with Gasteiger partial charge in [0.15, 0.2) is 0 Å². The molecule has 0 aliphatic rings. The fraction of sp³-hybridized carbons (Fsp3) is 0.500. The van der Waals surface area contributed by atoms with Gasteiger partial charge in [0.25, 0.3) is 0 Å². The van der Waals surface area contributed by atoms with E-state index >= 15 is 0 Å². The van der Waals surface area contributed by atoms with E-state index in [1.165, 1.54) is 11.1 Å². The van der Waals surface area contributed by atoms with Gasteiger partial charge in [-0.2, -0.15) is 0 Å². The second-order valence-corrected chi connectivity index (χ2v) is 3.77. The molecular formula is C12H19NO. The molecule has 1 rings (SSSR count). The Kier molecular flexibility index (Phi) is 4.11. The molecule has 0 fully saturated rings. The van der Waals surface area contributed by atoms with E-state index in [0.29, 0.717) is 12.6 Å². The maximum atomic E-state index is 5.18. The van der Waals surface area contributed by atoms with Crippen molar-refractivity contribution in [1.82, 2.24) is 4.90 Å². The molecule has 1 aromatic rings. The third kappa shape index (κ3) is 2.56. The van der Waals surface area contributed by atoms with Gasteiger partial charge in [-0.1, -0.05) is 24.3 Å². The quantitative estimate of drug-likeness (QED) is 0.728. The molecular weight excluding hydrogens is 174 g/mol. The summed E-state index contributed by atoms with van der Waals surface area (Å²) in [5.41, 5.74) is 2.62. The van der Waals surface area contributed by atoms with Gasteiger partial charge in [-0.25, -0.2) is 0 Å². The Morgan fingerprint density at radius 1 is 1.29 bits per heavy atom. The topological polar surface area (TPSA) is 12.5 Å². The van der Waals surface area contributed by atoms with Crippen molar-refractivity contribution in [3.05, 3.63) is 35.4 Å². The van der Waals surface area contributed by atoms with Gasteiger partial charge in [0.05, 0.1) is 6.61 Å². The Balaban J connectivity index is 2.94. The van der Waals surface area contributed by atoms with Crippen LogP contribution in [0.1, 0.15) is 24.1 Å². The van der Waals surface area contributed by atoms with Crippen LogP contribution in [0.2, 0.25) is 0 Å². The first kappa shape index (κ1) is 11.2. The maximum Gasteiger partial charge on any atom is 0.0716 e. The van der Waals surface area contributed by atoms with Crippen LogP contribution in [0.25, 0.3) is 0 Å². The molecule has 2 heteroatoms. The summed E-state index contributed by atoms with van der Waals surface area (Å²) in [6.45, 7) is 2.89. The Bertz CT molecular complexity index is 283. The molecule has 2 nitrogen and oxygen atoms in total. The van der Waals surface area contributed by atoms with Gasteiger partial charge in [0, 0.05) is 13.2 Å². The first-order valence-electron chi connectivity index (χ1n) is 4.90. The summed E-state index contributed by atoms with van der Waals surface area (Å²) in [4.78, 5) is 2.20. The Morgan fingerprint density at radius 3 is 2.50 bits per heavy atom. The SMILES string of the molecule is COCc1ccccc1C(C)N(C)C. The van der Waals surface area contributed by atoms with Crippen LogP contribution >= 0.6 is 0 Å². The number of hydrogen-bond acceptors (Lipinski definition) is 2. The summed E-state index contributed by atoms with van der Waals surface area (Å²) in [6, 6.07) is 8.86. The minimum absolute atomic E-state index is 0.432. The van der Waals surface area contributed by atoms with Gasteiger partial charge in [-0.15, -0.1) is 0 Å². The summed E-state index contributed by atoms with van der Waals surface area (Å²) in [6.07, 6.45) is 0. The van der Waals surface area contributed by atoms with Crippen LogP contribution in [0.4, 0.5) is 0 Å². The third-order valence-corrected chi connectivity index (χ3v) is 2.58. The summed E-state index contributed by atoms with van der Waals surface area (Å²) >= 11 is 0. The number of hydrogen-bond donors (Lipinski definition) is 0. The van der Waals surface area contributed by atoms with Crippen LogP contribution in [-0.2, 0) is 11.3 Å². The summed E-state index contributed by atoms with van der Waals surface area (Å²) in [7, 11) is 5.92. The van der Waals surface area contributed by atoms with Crippen molar-refractivity contribution in [1.29, 1.82) is 0 Å². The van der Waals surface area contributed by atoms with E-state index < -0.39 is 0 Å². The highest BCUT2D eigenvalue weighted by Crippen LogP contribution is 2.21. The number of rotatable bonds is 4. The van der Waals surface area contributed by atoms with Gasteiger partial charge >= 0.3 is 0 Å². The van der Waals surface area contributed by atoms with Gasteiger partial charge in [0.1, 0.15) is 0 Å². The number of methoxy groups -OCH3 is 1. The van der Waals surface area contributed by atoms with Crippen molar-refractivity contribution in [2.75, 3.05) is 21.2 Å². The van der Waals surface area contributed by atoms with Gasteiger partial charge in [-0.05, 0) is 32.1 Å². The molecule has 0 spiro atoms. The molecule has 14 heavy (non-hydrogen) atoms. The second kappa shape index (κ2) is 5.13. The average Bonchev–Trinajstić information content (AvgIpc) is 2.18. The largest absolute Gasteiger partial charge is 0.380 e. The van der Waals surface area contributed by atoms with E-state index in [0.717, 1.165) is 0 Å². The Morgan fingerprint density at radius 2 is 1.93 bits per heavy atom. The zero-order valence-corrected chi connectivity index (χ0v) is 9.45. The fourth-order valence-electron chi connectivity index (χ4n) is 1.51. The average molecular weight is 193 g/mol. The Hall–Kier alpha value is -0.860. The highest BCUT2D eigenvalue weighted by molar-refractivity contribution is 5.29. The number of ether oxygens (including phenoxy) is 1. The smallest absolute Gasteiger partial charge is 0.0716 e. The predicted molar refractivity (Wildman–Crippen MR) is 59.3 cm³/mol. The summed E-state index contributed by atoms with van der Waals surface area (Å²) in [5, 5.41) is 0. The molecule has 1 aromatic carbocycles. The maximum absolute atomic E-state index is 5.18. The van der Waals surface area contributed by atoms with Crippen molar-refractivity contribution in [3.8, 4) is 0 Å². The van der Waals surface area contributed by atoms with Crippen molar-refractivity contribution < 1.29 is 4.74 Å². The van der Waals surface area contributed by atoms with Crippen LogP contribution in [0.3, 0.4) is 0 Å². The van der Waals surface area contributed by atoms with E-state index in [4.69, 9.17) is 4.74 Å². The lowest BCUT2D eigenvalue weighted by Gasteiger charge is -2.22. The van der Waals surface area contributed by atoms with Gasteiger partial charge < -0.3 is 9.64 Å². The lowest BCUT2D eigenvalue weighted by Crippen LogP contribution is -2.18. The molecule has 1 atom stereocenters. The van der Waals surface area contributed by atoms with Crippen LogP contribution in [0, 0.1) is 0 Å². The lowest BCUT2D eigenvalue weighted by molar-refractivity contribution is 0.182. The molecule has 0 saturated heterocycles. The number of nitrogens with zero attached hydrogens (tertiary/aromatic N) is 1. The van der Waals surface area contributed by atoms with Crippen molar-refractivity contribution >= 4 is 0 Å². The zero-order valence-electron chi connectivity index (χ0n) is 9.45. The molecule has 0 aliphatic heterocycles. The van der Waals surface area contributed by atoms with Crippen molar-refractivity contribution in [2.45, 2.75) is 19.6 Å². The highest BCUT2D eigenvalue weighted by atomic mass is 16.5. The van der Waals surface area contributed by atoms with Gasteiger partial charge in [0.2, 0.25) is 0 Å². The van der Waals surface area contributed by atoms with Crippen molar-refractivity contribution in [3.63, 3.8) is 0 Å². The van der Waals surface area contributed by atoms with E-state index in [2.05, 4.69) is 50.2 Å². The van der Waals surface area contributed by atoms with Crippen LogP contribution in [0.5, 0.6) is 0 Å². The van der Waals surface area contributed by atoms with Crippen LogP contribution < -0.4 is 0 Å². The summed E-state index contributed by atoms with van der Waals surface area (Å²) < 4.78 is 5.18. The lowest BCUT2D eigenvalue weighted by atomic mass is 10.0. The van der Waals surface area contributed by atoms with Gasteiger partial charge in [-0.3, -0.25) is 0 Å². The molecule has 0 bridgehead atoms. The van der Waals surface area contributed by atoms with E-state index in [9.17, 15) is 0 Å². The first-order chi connectivity index (χ1) is 6.66. The molecule has 0 radical (unpaired) electrons. The zero-order chi connectivity index (χ0) is 10.6. The molecule has 0 heterocycles. The minimum atomic E-state index is 0.432. The number of benzene rings is 1.